The predicted molar refractivity (Wildman–Crippen MR) is 74.2 cm³/mol. The molecule has 18 heavy (non-hydrogen) atoms. The van der Waals surface area contributed by atoms with E-state index in [4.69, 9.17) is 0 Å². The minimum absolute atomic E-state index is 0.407. The molecule has 1 aromatic rings. The maximum Gasteiger partial charge on any atom is 0.202 e. The smallest absolute Gasteiger partial charge is 0.202 e. The third-order valence-electron chi connectivity index (χ3n) is 3.45. The molecule has 0 aromatic heterocycles. The van der Waals surface area contributed by atoms with Gasteiger partial charge >= 0.3 is 0 Å². The zero-order valence-electron chi connectivity index (χ0n) is 11.0. The SMILES string of the molecule is CC1=CC=C(S(=O)(=O)c2ccc(C)c(C)c2)CC1. The first-order valence-electron chi connectivity index (χ1n) is 6.10. The van der Waals surface area contributed by atoms with Crippen molar-refractivity contribution in [3.05, 3.63) is 52.0 Å². The molecule has 0 fully saturated rings. The molecule has 0 N–H and O–H groups in total. The quantitative estimate of drug-likeness (QED) is 0.814. The summed E-state index contributed by atoms with van der Waals surface area (Å²) in [4.78, 5) is 0.932. The van der Waals surface area contributed by atoms with Gasteiger partial charge in [-0.2, -0.15) is 0 Å². The average Bonchev–Trinajstić information content (AvgIpc) is 2.33. The molecule has 96 valence electrons. The standard InChI is InChI=1S/C15H18O2S/c1-11-4-7-14(8-5-11)18(16,17)15-9-6-12(2)13(3)10-15/h4,6-7,9-10H,5,8H2,1-3H3. The molecular formula is C15H18O2S. The Morgan fingerprint density at radius 1 is 0.944 bits per heavy atom. The zero-order chi connectivity index (χ0) is 13.3. The van der Waals surface area contributed by atoms with E-state index in [1.54, 1.807) is 18.2 Å². The second-order valence-electron chi connectivity index (χ2n) is 4.90. The number of hydrogen-bond acceptors (Lipinski definition) is 2. The van der Waals surface area contributed by atoms with Crippen LogP contribution in [-0.4, -0.2) is 8.42 Å². The van der Waals surface area contributed by atoms with Gasteiger partial charge < -0.3 is 0 Å². The first-order valence-corrected chi connectivity index (χ1v) is 7.58. The highest BCUT2D eigenvalue weighted by Gasteiger charge is 2.21. The fourth-order valence-corrected chi connectivity index (χ4v) is 3.48. The van der Waals surface area contributed by atoms with Gasteiger partial charge in [0.25, 0.3) is 0 Å². The van der Waals surface area contributed by atoms with E-state index in [1.165, 1.54) is 5.57 Å². The molecule has 0 unspecified atom stereocenters. The van der Waals surface area contributed by atoms with Gasteiger partial charge in [0, 0.05) is 4.91 Å². The van der Waals surface area contributed by atoms with Crippen LogP contribution in [0.5, 0.6) is 0 Å². The summed E-state index contributed by atoms with van der Waals surface area (Å²) in [5, 5.41) is 0. The van der Waals surface area contributed by atoms with Crippen molar-refractivity contribution in [1.82, 2.24) is 0 Å². The van der Waals surface area contributed by atoms with Gasteiger partial charge in [-0.15, -0.1) is 0 Å². The molecule has 0 aliphatic heterocycles. The van der Waals surface area contributed by atoms with Crippen LogP contribution in [-0.2, 0) is 9.84 Å². The van der Waals surface area contributed by atoms with E-state index in [2.05, 4.69) is 0 Å². The van der Waals surface area contributed by atoms with Crippen LogP contribution in [0.3, 0.4) is 0 Å². The highest BCUT2D eigenvalue weighted by atomic mass is 32.2. The summed E-state index contributed by atoms with van der Waals surface area (Å²) in [5.41, 5.74) is 3.36. The van der Waals surface area contributed by atoms with Gasteiger partial charge in [0.05, 0.1) is 4.90 Å². The van der Waals surface area contributed by atoms with Crippen LogP contribution in [0.25, 0.3) is 0 Å². The Hall–Kier alpha value is -1.35. The minimum atomic E-state index is -3.31. The van der Waals surface area contributed by atoms with E-state index in [9.17, 15) is 8.42 Å². The van der Waals surface area contributed by atoms with E-state index < -0.39 is 9.84 Å². The van der Waals surface area contributed by atoms with E-state index in [-0.39, 0.29) is 0 Å². The van der Waals surface area contributed by atoms with Crippen molar-refractivity contribution < 1.29 is 8.42 Å². The molecular weight excluding hydrogens is 244 g/mol. The topological polar surface area (TPSA) is 34.1 Å². The molecule has 0 spiro atoms. The van der Waals surface area contributed by atoms with E-state index >= 15 is 0 Å². The van der Waals surface area contributed by atoms with Gasteiger partial charge in [0.15, 0.2) is 0 Å². The van der Waals surface area contributed by atoms with Crippen LogP contribution < -0.4 is 0 Å². The van der Waals surface area contributed by atoms with Gasteiger partial charge in [-0.3, -0.25) is 0 Å². The summed E-state index contributed by atoms with van der Waals surface area (Å²) >= 11 is 0. The molecule has 0 saturated heterocycles. The molecule has 1 aromatic carbocycles. The summed E-state index contributed by atoms with van der Waals surface area (Å²) in [7, 11) is -3.31. The molecule has 0 atom stereocenters. The molecule has 2 rings (SSSR count). The lowest BCUT2D eigenvalue weighted by atomic mass is 10.1. The number of rotatable bonds is 2. The van der Waals surface area contributed by atoms with Crippen molar-refractivity contribution >= 4 is 9.84 Å². The Morgan fingerprint density at radius 3 is 2.22 bits per heavy atom. The average molecular weight is 262 g/mol. The van der Waals surface area contributed by atoms with Crippen molar-refractivity contribution in [3.63, 3.8) is 0 Å². The van der Waals surface area contributed by atoms with Gasteiger partial charge in [0.1, 0.15) is 0 Å². The Bertz CT molecular complexity index is 634. The van der Waals surface area contributed by atoms with Gasteiger partial charge in [0.2, 0.25) is 9.84 Å². The van der Waals surface area contributed by atoms with E-state index in [1.807, 2.05) is 32.9 Å². The zero-order valence-corrected chi connectivity index (χ0v) is 11.8. The lowest BCUT2D eigenvalue weighted by Gasteiger charge is -2.13. The highest BCUT2D eigenvalue weighted by molar-refractivity contribution is 7.95. The molecule has 0 radical (unpaired) electrons. The molecule has 0 saturated carbocycles. The normalized spacial score (nSPS) is 16.2. The summed E-state index contributed by atoms with van der Waals surface area (Å²) < 4.78 is 24.9. The number of aryl methyl sites for hydroxylation is 2. The van der Waals surface area contributed by atoms with Gasteiger partial charge in [-0.05, 0) is 62.9 Å². The monoisotopic (exact) mass is 262 g/mol. The second kappa shape index (κ2) is 4.73. The van der Waals surface area contributed by atoms with Crippen LogP contribution in [0.15, 0.2) is 45.7 Å². The maximum atomic E-state index is 12.5. The third kappa shape index (κ3) is 2.41. The van der Waals surface area contributed by atoms with E-state index in [0.29, 0.717) is 16.2 Å². The molecule has 3 heteroatoms. The first kappa shape index (κ1) is 13.1. The number of benzene rings is 1. The second-order valence-corrected chi connectivity index (χ2v) is 6.90. The summed E-state index contributed by atoms with van der Waals surface area (Å²) in [5.74, 6) is 0. The number of hydrogen-bond donors (Lipinski definition) is 0. The van der Waals surface area contributed by atoms with Crippen molar-refractivity contribution in [2.24, 2.45) is 0 Å². The van der Waals surface area contributed by atoms with Crippen molar-refractivity contribution in [2.45, 2.75) is 38.5 Å². The molecule has 0 amide bonds. The van der Waals surface area contributed by atoms with Crippen LogP contribution in [0.1, 0.15) is 30.9 Å². The summed E-state index contributed by atoms with van der Waals surface area (Å²) in [6.07, 6.45) is 5.08. The maximum absolute atomic E-state index is 12.5. The van der Waals surface area contributed by atoms with Gasteiger partial charge in [-0.25, -0.2) is 8.42 Å². The Labute approximate surface area is 109 Å². The largest absolute Gasteiger partial charge is 0.219 e. The number of sulfone groups is 1. The van der Waals surface area contributed by atoms with Crippen molar-refractivity contribution in [1.29, 1.82) is 0 Å². The lowest BCUT2D eigenvalue weighted by Crippen LogP contribution is -2.07. The molecule has 0 bridgehead atoms. The highest BCUT2D eigenvalue weighted by Crippen LogP contribution is 2.28. The van der Waals surface area contributed by atoms with Crippen LogP contribution >= 0.6 is 0 Å². The summed E-state index contributed by atoms with van der Waals surface area (Å²) in [6.45, 7) is 5.95. The van der Waals surface area contributed by atoms with Crippen molar-refractivity contribution in [2.75, 3.05) is 0 Å². The predicted octanol–water partition coefficient (Wildman–Crippen LogP) is 3.70. The fourth-order valence-electron chi connectivity index (χ4n) is 1.98. The Balaban J connectivity index is 2.46. The number of allylic oxidation sites excluding steroid dienone is 4. The van der Waals surface area contributed by atoms with Crippen LogP contribution in [0.4, 0.5) is 0 Å². The Kier molecular flexibility index (Phi) is 3.44. The van der Waals surface area contributed by atoms with Crippen LogP contribution in [0.2, 0.25) is 0 Å². The lowest BCUT2D eigenvalue weighted by molar-refractivity contribution is 0.599. The van der Waals surface area contributed by atoms with E-state index in [0.717, 1.165) is 17.5 Å². The Morgan fingerprint density at radius 2 is 1.67 bits per heavy atom. The fraction of sp³-hybridized carbons (Fsp3) is 0.333. The van der Waals surface area contributed by atoms with Crippen LogP contribution in [0, 0.1) is 13.8 Å². The molecule has 1 aliphatic carbocycles. The summed E-state index contributed by atoms with van der Waals surface area (Å²) in [6, 6.07) is 5.33. The molecule has 1 aliphatic rings. The minimum Gasteiger partial charge on any atom is -0.219 e. The molecule has 0 heterocycles. The third-order valence-corrected chi connectivity index (χ3v) is 5.36. The first-order chi connectivity index (χ1) is 8.41. The van der Waals surface area contributed by atoms with Gasteiger partial charge in [-0.1, -0.05) is 17.7 Å². The molecule has 2 nitrogen and oxygen atoms in total. The van der Waals surface area contributed by atoms with Crippen molar-refractivity contribution in [3.8, 4) is 0 Å².